The van der Waals surface area contributed by atoms with E-state index in [4.69, 9.17) is 14.7 Å². The Hall–Kier alpha value is -2.38. The van der Waals surface area contributed by atoms with Crippen molar-refractivity contribution in [3.05, 3.63) is 57.6 Å². The predicted octanol–water partition coefficient (Wildman–Crippen LogP) is 4.80. The molecule has 162 valence electrons. The maximum Gasteiger partial charge on any atom is 0.261 e. The summed E-state index contributed by atoms with van der Waals surface area (Å²) >= 11 is 1.45. The van der Waals surface area contributed by atoms with Crippen molar-refractivity contribution in [3.8, 4) is 0 Å². The van der Waals surface area contributed by atoms with E-state index in [0.717, 1.165) is 58.5 Å². The highest BCUT2D eigenvalue weighted by atomic mass is 32.1. The molecule has 31 heavy (non-hydrogen) atoms. The van der Waals surface area contributed by atoms with Gasteiger partial charge in [-0.3, -0.25) is 4.79 Å². The van der Waals surface area contributed by atoms with E-state index in [2.05, 4.69) is 5.32 Å². The average Bonchev–Trinajstić information content (AvgIpc) is 3.57. The largest absolute Gasteiger partial charge is 0.381 e. The van der Waals surface area contributed by atoms with E-state index in [1.807, 2.05) is 26.0 Å². The second-order valence-corrected chi connectivity index (χ2v) is 9.76. The fraction of sp³-hybridized carbons (Fsp3) is 0.458. The van der Waals surface area contributed by atoms with Crippen LogP contribution < -0.4 is 5.32 Å². The van der Waals surface area contributed by atoms with E-state index in [0.29, 0.717) is 30.6 Å². The van der Waals surface area contributed by atoms with Crippen LogP contribution in [0.5, 0.6) is 0 Å². The molecule has 0 radical (unpaired) electrons. The lowest BCUT2D eigenvalue weighted by atomic mass is 9.74. The molecule has 0 unspecified atom stereocenters. The molecule has 1 saturated heterocycles. The highest BCUT2D eigenvalue weighted by Crippen LogP contribution is 2.40. The van der Waals surface area contributed by atoms with Gasteiger partial charge in [0.2, 0.25) is 0 Å². The number of hydrogen-bond donors (Lipinski definition) is 1. The Bertz CT molecular complexity index is 1130. The molecule has 0 atom stereocenters. The number of nitrogens with one attached hydrogen (secondary N) is 1. The van der Waals surface area contributed by atoms with E-state index in [-0.39, 0.29) is 17.1 Å². The maximum atomic E-state index is 13.5. The lowest BCUT2D eigenvalue weighted by molar-refractivity contribution is 0.0487. The van der Waals surface area contributed by atoms with Gasteiger partial charge in [0, 0.05) is 36.5 Å². The van der Waals surface area contributed by atoms with Gasteiger partial charge in [-0.1, -0.05) is 12.1 Å². The lowest BCUT2D eigenvalue weighted by Gasteiger charge is -2.38. The van der Waals surface area contributed by atoms with Crippen LogP contribution in [0.2, 0.25) is 0 Å². The number of hydrogen-bond acceptors (Lipinski definition) is 5. The fourth-order valence-corrected chi connectivity index (χ4v) is 5.72. The first kappa shape index (κ1) is 20.5. The van der Waals surface area contributed by atoms with Gasteiger partial charge in [-0.05, 0) is 62.8 Å². The van der Waals surface area contributed by atoms with E-state index in [1.165, 1.54) is 23.5 Å². The molecule has 0 spiro atoms. The summed E-state index contributed by atoms with van der Waals surface area (Å²) in [4.78, 5) is 24.3. The predicted molar refractivity (Wildman–Crippen MR) is 119 cm³/mol. The number of aromatic nitrogens is 2. The van der Waals surface area contributed by atoms with E-state index < -0.39 is 0 Å². The molecule has 1 saturated carbocycles. The zero-order chi connectivity index (χ0) is 21.6. The van der Waals surface area contributed by atoms with Crippen molar-refractivity contribution in [1.82, 2.24) is 15.3 Å². The molecule has 1 N–H and O–H groups in total. The Morgan fingerprint density at radius 3 is 2.58 bits per heavy atom. The van der Waals surface area contributed by atoms with Gasteiger partial charge in [-0.25, -0.2) is 14.4 Å². The van der Waals surface area contributed by atoms with E-state index >= 15 is 0 Å². The summed E-state index contributed by atoms with van der Waals surface area (Å²) in [6, 6.07) is 6.64. The molecule has 3 aromatic rings. The first-order valence-corrected chi connectivity index (χ1v) is 11.7. The first-order chi connectivity index (χ1) is 15.0. The van der Waals surface area contributed by atoms with Crippen LogP contribution in [0.25, 0.3) is 10.2 Å². The van der Waals surface area contributed by atoms with Crippen molar-refractivity contribution in [2.24, 2.45) is 0 Å². The van der Waals surface area contributed by atoms with Gasteiger partial charge in [0.05, 0.1) is 10.6 Å². The lowest BCUT2D eigenvalue weighted by Crippen LogP contribution is -2.44. The van der Waals surface area contributed by atoms with Crippen molar-refractivity contribution in [2.45, 2.75) is 50.9 Å². The number of fused-ring (bicyclic) bond motifs is 1. The van der Waals surface area contributed by atoms with Crippen LogP contribution in [-0.4, -0.2) is 35.6 Å². The molecular weight excluding hydrogens is 413 g/mol. The molecule has 7 heteroatoms. The zero-order valence-electron chi connectivity index (χ0n) is 17.8. The Morgan fingerprint density at radius 1 is 1.19 bits per heavy atom. The third kappa shape index (κ3) is 3.85. The molecule has 0 bridgehead atoms. The van der Waals surface area contributed by atoms with Crippen LogP contribution in [-0.2, 0) is 10.2 Å². The topological polar surface area (TPSA) is 64.1 Å². The third-order valence-corrected chi connectivity index (χ3v) is 7.82. The summed E-state index contributed by atoms with van der Waals surface area (Å²) in [6.45, 7) is 5.74. The van der Waals surface area contributed by atoms with Crippen molar-refractivity contribution in [1.29, 1.82) is 0 Å². The number of ether oxygens (including phenoxy) is 1. The van der Waals surface area contributed by atoms with Crippen LogP contribution in [0.1, 0.15) is 63.9 Å². The molecule has 5 rings (SSSR count). The quantitative estimate of drug-likeness (QED) is 0.620. The molecule has 3 heterocycles. The zero-order valence-corrected chi connectivity index (χ0v) is 18.7. The SMILES string of the molecule is Cc1nc(C2CC2)nc2sc(C(=O)NCC3(c4ccc(F)cc4)CCOCC3)c(C)c12. The molecule has 2 fully saturated rings. The summed E-state index contributed by atoms with van der Waals surface area (Å²) in [5.41, 5.74) is 2.69. The molecule has 1 aromatic carbocycles. The van der Waals surface area contributed by atoms with Gasteiger partial charge in [0.25, 0.3) is 5.91 Å². The van der Waals surface area contributed by atoms with Gasteiger partial charge in [-0.2, -0.15) is 0 Å². The summed E-state index contributed by atoms with van der Waals surface area (Å²) in [5, 5.41) is 4.17. The van der Waals surface area contributed by atoms with Gasteiger partial charge in [0.15, 0.2) is 0 Å². The number of carbonyl (C=O) groups excluding carboxylic acids is 1. The number of halogens is 1. The van der Waals surface area contributed by atoms with E-state index in [9.17, 15) is 9.18 Å². The van der Waals surface area contributed by atoms with Crippen LogP contribution >= 0.6 is 11.3 Å². The van der Waals surface area contributed by atoms with Gasteiger partial charge in [0.1, 0.15) is 16.5 Å². The van der Waals surface area contributed by atoms with Crippen molar-refractivity contribution >= 4 is 27.5 Å². The fourth-order valence-electron chi connectivity index (χ4n) is 4.56. The summed E-state index contributed by atoms with van der Waals surface area (Å²) in [5.74, 6) is 1.06. The Kier molecular flexibility index (Phi) is 5.26. The van der Waals surface area contributed by atoms with Gasteiger partial charge in [-0.15, -0.1) is 11.3 Å². The molecule has 2 aliphatic rings. The summed E-state index contributed by atoms with van der Waals surface area (Å²) < 4.78 is 19.0. The maximum absolute atomic E-state index is 13.5. The molecule has 2 aromatic heterocycles. The van der Waals surface area contributed by atoms with Crippen LogP contribution in [0.3, 0.4) is 0 Å². The van der Waals surface area contributed by atoms with Crippen molar-refractivity contribution in [3.63, 3.8) is 0 Å². The Labute approximate surface area is 185 Å². The Balaban J connectivity index is 1.41. The number of thiophene rings is 1. The molecule has 5 nitrogen and oxygen atoms in total. The molecular formula is C24H26FN3O2S. The number of rotatable bonds is 5. The number of amides is 1. The monoisotopic (exact) mass is 439 g/mol. The second-order valence-electron chi connectivity index (χ2n) is 8.76. The Morgan fingerprint density at radius 2 is 1.90 bits per heavy atom. The standard InChI is InChI=1S/C24H26FN3O2S/c1-14-19-15(2)27-21(16-3-4-16)28-23(19)31-20(14)22(29)26-13-24(9-11-30-12-10-24)17-5-7-18(25)8-6-17/h5-8,16H,3-4,9-13H2,1-2H3,(H,26,29). The van der Waals surface area contributed by atoms with Crippen molar-refractivity contribution < 1.29 is 13.9 Å². The van der Waals surface area contributed by atoms with Crippen molar-refractivity contribution in [2.75, 3.05) is 19.8 Å². The molecule has 1 aliphatic heterocycles. The minimum atomic E-state index is -0.252. The highest BCUT2D eigenvalue weighted by Gasteiger charge is 2.35. The number of benzene rings is 1. The highest BCUT2D eigenvalue weighted by molar-refractivity contribution is 7.20. The minimum absolute atomic E-state index is 0.0825. The van der Waals surface area contributed by atoms with Gasteiger partial charge >= 0.3 is 0 Å². The smallest absolute Gasteiger partial charge is 0.261 e. The molecule has 1 aliphatic carbocycles. The average molecular weight is 440 g/mol. The number of carbonyl (C=O) groups is 1. The molecule has 1 amide bonds. The minimum Gasteiger partial charge on any atom is -0.381 e. The van der Waals surface area contributed by atoms with E-state index in [1.54, 1.807) is 0 Å². The number of nitrogens with zero attached hydrogens (tertiary/aromatic N) is 2. The summed E-state index contributed by atoms with van der Waals surface area (Å²) in [6.07, 6.45) is 3.88. The summed E-state index contributed by atoms with van der Waals surface area (Å²) in [7, 11) is 0. The normalized spacial score (nSPS) is 18.3. The second kappa shape index (κ2) is 7.95. The first-order valence-electron chi connectivity index (χ1n) is 10.9. The number of aryl methyl sites for hydroxylation is 2. The van der Waals surface area contributed by atoms with Gasteiger partial charge < -0.3 is 10.1 Å². The van der Waals surface area contributed by atoms with Crippen LogP contribution in [0, 0.1) is 19.7 Å². The van der Waals surface area contributed by atoms with Crippen LogP contribution in [0.15, 0.2) is 24.3 Å². The van der Waals surface area contributed by atoms with Crippen LogP contribution in [0.4, 0.5) is 4.39 Å². The third-order valence-electron chi connectivity index (χ3n) is 6.63.